The lowest BCUT2D eigenvalue weighted by atomic mass is 9.97. The maximum absolute atomic E-state index is 11.8. The number of benzene rings is 1. The number of Topliss-reactive ketones (excluding diaryl/α,β-unsaturated/α-hetero) is 1. The van der Waals surface area contributed by atoms with Crippen LogP contribution in [0, 0.1) is 0 Å². The Bertz CT molecular complexity index is 459. The highest BCUT2D eigenvalue weighted by Crippen LogP contribution is 2.24. The minimum Gasteiger partial charge on any atom is -0.479 e. The van der Waals surface area contributed by atoms with E-state index in [0.29, 0.717) is 5.69 Å². The molecule has 1 aromatic rings. The van der Waals surface area contributed by atoms with Gasteiger partial charge in [0.25, 0.3) is 0 Å². The third-order valence-electron chi connectivity index (χ3n) is 2.23. The Hall–Kier alpha value is -1.40. The largest absolute Gasteiger partial charge is 0.479 e. The molecule has 0 aliphatic carbocycles. The predicted molar refractivity (Wildman–Crippen MR) is 66.2 cm³/mol. The third-order valence-corrected chi connectivity index (χ3v) is 2.65. The highest BCUT2D eigenvalue weighted by molar-refractivity contribution is 9.10. The van der Waals surface area contributed by atoms with Crippen molar-refractivity contribution in [2.45, 2.75) is 17.9 Å². The van der Waals surface area contributed by atoms with E-state index in [9.17, 15) is 14.7 Å². The fourth-order valence-electron chi connectivity index (χ4n) is 1.38. The Balaban J connectivity index is 3.31. The van der Waals surface area contributed by atoms with Crippen molar-refractivity contribution in [3.63, 3.8) is 0 Å². The molecule has 0 amide bonds. The first-order valence-electron chi connectivity index (χ1n) is 4.83. The quantitative estimate of drug-likeness (QED) is 0.443. The van der Waals surface area contributed by atoms with Crippen LogP contribution in [0.15, 0.2) is 18.2 Å². The molecule has 0 radical (unpaired) electrons. The molecule has 0 aliphatic rings. The molecule has 2 unspecified atom stereocenters. The van der Waals surface area contributed by atoms with Crippen molar-refractivity contribution in [3.05, 3.63) is 29.3 Å². The number of rotatable bonds is 4. The number of anilines is 1. The van der Waals surface area contributed by atoms with Gasteiger partial charge in [-0.05, 0) is 25.1 Å². The first-order chi connectivity index (χ1) is 7.84. The highest BCUT2D eigenvalue weighted by atomic mass is 79.9. The molecule has 6 heteroatoms. The van der Waals surface area contributed by atoms with Crippen molar-refractivity contribution in [3.8, 4) is 0 Å². The molecule has 0 aromatic heterocycles. The molecule has 0 spiro atoms. The molecule has 0 aliphatic heterocycles. The van der Waals surface area contributed by atoms with Gasteiger partial charge in [-0.2, -0.15) is 0 Å². The summed E-state index contributed by atoms with van der Waals surface area (Å²) >= 11 is 3.11. The van der Waals surface area contributed by atoms with Crippen LogP contribution in [-0.4, -0.2) is 26.8 Å². The van der Waals surface area contributed by atoms with Crippen molar-refractivity contribution in [1.29, 1.82) is 0 Å². The zero-order valence-corrected chi connectivity index (χ0v) is 10.6. The second-order valence-electron chi connectivity index (χ2n) is 3.57. The Morgan fingerprint density at radius 3 is 2.47 bits per heavy atom. The number of nitrogen functional groups attached to an aromatic ring is 1. The summed E-state index contributed by atoms with van der Waals surface area (Å²) in [5.74, 6) is -1.73. The standard InChI is InChI=1S/C11H12BrNO4/c1-5(12)9(14)7-3-2-6(13)4-8(7)10(15)11(16)17/h2-5,10,15H,13H2,1H3,(H,16,17). The summed E-state index contributed by atoms with van der Waals surface area (Å²) < 4.78 is 0. The number of alkyl halides is 1. The van der Waals surface area contributed by atoms with Crippen molar-refractivity contribution >= 4 is 33.4 Å². The predicted octanol–water partition coefficient (Wildman–Crippen LogP) is 1.35. The van der Waals surface area contributed by atoms with Crippen LogP contribution >= 0.6 is 15.9 Å². The molecule has 2 atom stereocenters. The van der Waals surface area contributed by atoms with Crippen molar-refractivity contribution < 1.29 is 19.8 Å². The number of ketones is 1. The molecule has 92 valence electrons. The summed E-state index contributed by atoms with van der Waals surface area (Å²) in [6.45, 7) is 1.62. The van der Waals surface area contributed by atoms with Crippen molar-refractivity contribution in [2.75, 3.05) is 5.73 Å². The van der Waals surface area contributed by atoms with E-state index >= 15 is 0 Å². The zero-order chi connectivity index (χ0) is 13.2. The number of carbonyl (C=O) groups is 2. The summed E-state index contributed by atoms with van der Waals surface area (Å²) in [6.07, 6.45) is -1.76. The average Bonchev–Trinajstić information content (AvgIpc) is 2.26. The van der Waals surface area contributed by atoms with Crippen LogP contribution in [0.1, 0.15) is 28.9 Å². The Labute approximate surface area is 106 Å². The first kappa shape index (κ1) is 13.7. The molecule has 0 saturated carbocycles. The van der Waals surface area contributed by atoms with E-state index in [0.717, 1.165) is 0 Å². The van der Waals surface area contributed by atoms with Crippen LogP contribution in [0.5, 0.6) is 0 Å². The number of aliphatic hydroxyl groups excluding tert-OH is 1. The van der Waals surface area contributed by atoms with Gasteiger partial charge in [0, 0.05) is 16.8 Å². The normalized spacial score (nSPS) is 14.1. The van der Waals surface area contributed by atoms with E-state index in [1.807, 2.05) is 0 Å². The monoisotopic (exact) mass is 301 g/mol. The van der Waals surface area contributed by atoms with E-state index in [1.165, 1.54) is 18.2 Å². The van der Waals surface area contributed by atoms with Crippen LogP contribution in [-0.2, 0) is 4.79 Å². The maximum Gasteiger partial charge on any atom is 0.337 e. The first-order valence-corrected chi connectivity index (χ1v) is 5.74. The molecule has 1 rings (SSSR count). The molecule has 0 fully saturated rings. The van der Waals surface area contributed by atoms with Crippen LogP contribution in [0.4, 0.5) is 5.69 Å². The second-order valence-corrected chi connectivity index (χ2v) is 4.94. The Morgan fingerprint density at radius 2 is 2.00 bits per heavy atom. The minimum atomic E-state index is -1.76. The van der Waals surface area contributed by atoms with Gasteiger partial charge < -0.3 is 15.9 Å². The molecule has 0 heterocycles. The minimum absolute atomic E-state index is 0.00815. The smallest absolute Gasteiger partial charge is 0.337 e. The lowest BCUT2D eigenvalue weighted by Crippen LogP contribution is -2.18. The molecular formula is C11H12BrNO4. The zero-order valence-electron chi connectivity index (χ0n) is 9.05. The SMILES string of the molecule is CC(Br)C(=O)c1ccc(N)cc1C(O)C(=O)O. The van der Waals surface area contributed by atoms with Gasteiger partial charge in [-0.25, -0.2) is 4.79 Å². The number of aliphatic hydroxyl groups is 1. The number of carboxylic acid groups (broad SMARTS) is 1. The van der Waals surface area contributed by atoms with Crippen LogP contribution < -0.4 is 5.73 Å². The number of aliphatic carboxylic acids is 1. The number of nitrogens with two attached hydrogens (primary N) is 1. The summed E-state index contributed by atoms with van der Waals surface area (Å²) in [5, 5.41) is 18.3. The summed E-state index contributed by atoms with van der Waals surface area (Å²) in [6, 6.07) is 4.19. The van der Waals surface area contributed by atoms with Gasteiger partial charge in [-0.3, -0.25) is 4.79 Å². The van der Waals surface area contributed by atoms with Gasteiger partial charge in [0.05, 0.1) is 4.83 Å². The van der Waals surface area contributed by atoms with Gasteiger partial charge in [0.1, 0.15) is 0 Å². The van der Waals surface area contributed by atoms with Gasteiger partial charge in [0.15, 0.2) is 11.9 Å². The fourth-order valence-corrected chi connectivity index (χ4v) is 1.63. The molecule has 0 bridgehead atoms. The molecule has 1 aromatic carbocycles. The maximum atomic E-state index is 11.8. The Morgan fingerprint density at radius 1 is 1.41 bits per heavy atom. The third kappa shape index (κ3) is 3.04. The van der Waals surface area contributed by atoms with Gasteiger partial charge in [0.2, 0.25) is 0 Å². The number of carbonyl (C=O) groups excluding carboxylic acids is 1. The molecule has 5 nitrogen and oxygen atoms in total. The van der Waals surface area contributed by atoms with Gasteiger partial charge in [-0.15, -0.1) is 0 Å². The Kier molecular flexibility index (Phi) is 4.25. The molecule has 4 N–H and O–H groups in total. The molecule has 17 heavy (non-hydrogen) atoms. The summed E-state index contributed by atoms with van der Waals surface area (Å²) in [7, 11) is 0. The van der Waals surface area contributed by atoms with E-state index in [-0.39, 0.29) is 16.9 Å². The topological polar surface area (TPSA) is 101 Å². The van der Waals surface area contributed by atoms with Crippen LogP contribution in [0.2, 0.25) is 0 Å². The van der Waals surface area contributed by atoms with Crippen molar-refractivity contribution in [2.24, 2.45) is 0 Å². The summed E-state index contributed by atoms with van der Waals surface area (Å²) in [5.41, 5.74) is 5.96. The lowest BCUT2D eigenvalue weighted by Gasteiger charge is -2.13. The van der Waals surface area contributed by atoms with Crippen molar-refractivity contribution in [1.82, 2.24) is 0 Å². The number of carboxylic acids is 1. The van der Waals surface area contributed by atoms with Crippen LogP contribution in [0.3, 0.4) is 0 Å². The number of halogens is 1. The molecular weight excluding hydrogens is 290 g/mol. The summed E-state index contributed by atoms with van der Waals surface area (Å²) in [4.78, 5) is 22.1. The number of hydrogen-bond acceptors (Lipinski definition) is 4. The van der Waals surface area contributed by atoms with Gasteiger partial charge in [-0.1, -0.05) is 15.9 Å². The van der Waals surface area contributed by atoms with E-state index in [4.69, 9.17) is 10.8 Å². The second kappa shape index (κ2) is 5.29. The van der Waals surface area contributed by atoms with E-state index in [2.05, 4.69) is 15.9 Å². The highest BCUT2D eigenvalue weighted by Gasteiger charge is 2.24. The molecule has 0 saturated heterocycles. The fraction of sp³-hybridized carbons (Fsp3) is 0.273. The van der Waals surface area contributed by atoms with Crippen LogP contribution in [0.25, 0.3) is 0 Å². The number of hydrogen-bond donors (Lipinski definition) is 3. The average molecular weight is 302 g/mol. The van der Waals surface area contributed by atoms with E-state index in [1.54, 1.807) is 6.92 Å². The van der Waals surface area contributed by atoms with Gasteiger partial charge >= 0.3 is 5.97 Å². The van der Waals surface area contributed by atoms with E-state index < -0.39 is 16.9 Å². The lowest BCUT2D eigenvalue weighted by molar-refractivity contribution is -0.146.